The first-order valence-corrected chi connectivity index (χ1v) is 7.48. The fourth-order valence-electron chi connectivity index (χ4n) is 2.11. The smallest absolute Gasteiger partial charge is 0.141 e. The zero-order chi connectivity index (χ0) is 14.9. The van der Waals surface area contributed by atoms with Crippen LogP contribution in [-0.2, 0) is 0 Å². The third kappa shape index (κ3) is 3.22. The standard InChI is InChI=1S/C17H20BrNO/c1-10-7-11(2)12(3)17(8-10)20-16-6-5-14(13(4)19)9-15(16)18/h5-9,13H,19H2,1-4H3. The molecule has 2 aromatic carbocycles. The second-order valence-electron chi connectivity index (χ2n) is 5.29. The SMILES string of the molecule is Cc1cc(C)c(C)c(Oc2ccc(C(C)N)cc2Br)c1. The van der Waals surface area contributed by atoms with Gasteiger partial charge >= 0.3 is 0 Å². The molecular formula is C17H20BrNO. The molecule has 2 aromatic rings. The molecule has 1 atom stereocenters. The van der Waals surface area contributed by atoms with Crippen molar-refractivity contribution in [2.75, 3.05) is 0 Å². The van der Waals surface area contributed by atoms with E-state index in [2.05, 4.69) is 48.8 Å². The van der Waals surface area contributed by atoms with E-state index in [1.807, 2.05) is 25.1 Å². The maximum absolute atomic E-state index is 6.05. The highest BCUT2D eigenvalue weighted by Crippen LogP contribution is 2.34. The Kier molecular flexibility index (Phi) is 4.51. The molecule has 0 aliphatic carbocycles. The Morgan fingerprint density at radius 2 is 1.75 bits per heavy atom. The summed E-state index contributed by atoms with van der Waals surface area (Å²) in [6.07, 6.45) is 0. The molecule has 0 amide bonds. The number of hydrogen-bond acceptors (Lipinski definition) is 2. The van der Waals surface area contributed by atoms with Crippen molar-refractivity contribution in [3.63, 3.8) is 0 Å². The topological polar surface area (TPSA) is 35.2 Å². The number of aryl methyl sites for hydroxylation is 2. The zero-order valence-electron chi connectivity index (χ0n) is 12.3. The van der Waals surface area contributed by atoms with Crippen molar-refractivity contribution in [3.8, 4) is 11.5 Å². The van der Waals surface area contributed by atoms with E-state index < -0.39 is 0 Å². The number of benzene rings is 2. The Morgan fingerprint density at radius 3 is 2.35 bits per heavy atom. The van der Waals surface area contributed by atoms with E-state index in [1.165, 1.54) is 16.7 Å². The number of ether oxygens (including phenoxy) is 1. The van der Waals surface area contributed by atoms with E-state index in [1.54, 1.807) is 0 Å². The van der Waals surface area contributed by atoms with Crippen molar-refractivity contribution < 1.29 is 4.74 Å². The minimum absolute atomic E-state index is 0.0169. The van der Waals surface area contributed by atoms with Crippen molar-refractivity contribution in [3.05, 3.63) is 57.1 Å². The number of rotatable bonds is 3. The minimum Gasteiger partial charge on any atom is -0.456 e. The first-order chi connectivity index (χ1) is 9.38. The quantitative estimate of drug-likeness (QED) is 0.839. The summed E-state index contributed by atoms with van der Waals surface area (Å²) < 4.78 is 6.97. The van der Waals surface area contributed by atoms with Crippen LogP contribution in [0.1, 0.15) is 35.2 Å². The van der Waals surface area contributed by atoms with Crippen LogP contribution in [0.2, 0.25) is 0 Å². The second-order valence-corrected chi connectivity index (χ2v) is 6.14. The van der Waals surface area contributed by atoms with Crippen LogP contribution < -0.4 is 10.5 Å². The largest absolute Gasteiger partial charge is 0.456 e. The highest BCUT2D eigenvalue weighted by atomic mass is 79.9. The van der Waals surface area contributed by atoms with Crippen LogP contribution in [0.25, 0.3) is 0 Å². The Bertz CT molecular complexity index is 635. The van der Waals surface area contributed by atoms with Gasteiger partial charge in [0.05, 0.1) is 4.47 Å². The summed E-state index contributed by atoms with van der Waals surface area (Å²) in [5.74, 6) is 1.71. The number of hydrogen-bond donors (Lipinski definition) is 1. The molecular weight excluding hydrogens is 314 g/mol. The highest BCUT2D eigenvalue weighted by Gasteiger charge is 2.09. The summed E-state index contributed by atoms with van der Waals surface area (Å²) in [5, 5.41) is 0. The molecule has 0 aromatic heterocycles. The number of nitrogens with two attached hydrogens (primary N) is 1. The van der Waals surface area contributed by atoms with Gasteiger partial charge in [0, 0.05) is 6.04 Å². The molecule has 106 valence electrons. The fraction of sp³-hybridized carbons (Fsp3) is 0.294. The fourth-order valence-corrected chi connectivity index (χ4v) is 2.59. The van der Waals surface area contributed by atoms with E-state index in [9.17, 15) is 0 Å². The molecule has 0 heterocycles. The Morgan fingerprint density at radius 1 is 1.05 bits per heavy atom. The van der Waals surface area contributed by atoms with Crippen molar-refractivity contribution in [1.29, 1.82) is 0 Å². The van der Waals surface area contributed by atoms with Gasteiger partial charge in [0.2, 0.25) is 0 Å². The first-order valence-electron chi connectivity index (χ1n) is 6.69. The Labute approximate surface area is 129 Å². The van der Waals surface area contributed by atoms with Crippen molar-refractivity contribution in [2.24, 2.45) is 5.73 Å². The molecule has 20 heavy (non-hydrogen) atoms. The first kappa shape index (κ1) is 15.1. The lowest BCUT2D eigenvalue weighted by Gasteiger charge is -2.14. The van der Waals surface area contributed by atoms with E-state index in [4.69, 9.17) is 10.5 Å². The highest BCUT2D eigenvalue weighted by molar-refractivity contribution is 9.10. The van der Waals surface area contributed by atoms with Gasteiger partial charge in [-0.05, 0) is 84.1 Å². The zero-order valence-corrected chi connectivity index (χ0v) is 13.9. The monoisotopic (exact) mass is 333 g/mol. The van der Waals surface area contributed by atoms with Gasteiger partial charge in [-0.25, -0.2) is 0 Å². The Balaban J connectivity index is 2.35. The average Bonchev–Trinajstić information content (AvgIpc) is 2.37. The average molecular weight is 334 g/mol. The summed E-state index contributed by atoms with van der Waals surface area (Å²) in [5.41, 5.74) is 10.6. The van der Waals surface area contributed by atoms with Crippen molar-refractivity contribution in [2.45, 2.75) is 33.7 Å². The normalized spacial score (nSPS) is 12.3. The summed E-state index contributed by atoms with van der Waals surface area (Å²) >= 11 is 3.55. The molecule has 2 rings (SSSR count). The predicted octanol–water partition coefficient (Wildman–Crippen LogP) is 5.19. The summed E-state index contributed by atoms with van der Waals surface area (Å²) in [6, 6.07) is 10.2. The van der Waals surface area contributed by atoms with Crippen LogP contribution in [0.4, 0.5) is 0 Å². The molecule has 2 nitrogen and oxygen atoms in total. The molecule has 1 unspecified atom stereocenters. The van der Waals surface area contributed by atoms with Gasteiger partial charge in [-0.3, -0.25) is 0 Å². The maximum Gasteiger partial charge on any atom is 0.141 e. The van der Waals surface area contributed by atoms with E-state index in [0.29, 0.717) is 0 Å². The van der Waals surface area contributed by atoms with Crippen molar-refractivity contribution >= 4 is 15.9 Å². The molecule has 0 fully saturated rings. The van der Waals surface area contributed by atoms with E-state index >= 15 is 0 Å². The molecule has 3 heteroatoms. The van der Waals surface area contributed by atoms with E-state index in [-0.39, 0.29) is 6.04 Å². The van der Waals surface area contributed by atoms with Gasteiger partial charge in [0.1, 0.15) is 11.5 Å². The molecule has 0 radical (unpaired) electrons. The van der Waals surface area contributed by atoms with Crippen LogP contribution in [-0.4, -0.2) is 0 Å². The van der Waals surface area contributed by atoms with Gasteiger partial charge in [-0.15, -0.1) is 0 Å². The van der Waals surface area contributed by atoms with Crippen molar-refractivity contribution in [1.82, 2.24) is 0 Å². The molecule has 0 saturated heterocycles. The van der Waals surface area contributed by atoms with Crippen LogP contribution in [0.5, 0.6) is 11.5 Å². The Hall–Kier alpha value is -1.32. The van der Waals surface area contributed by atoms with Crippen LogP contribution >= 0.6 is 15.9 Å². The van der Waals surface area contributed by atoms with Gasteiger partial charge in [-0.1, -0.05) is 12.1 Å². The summed E-state index contributed by atoms with van der Waals surface area (Å²) in [7, 11) is 0. The molecule has 0 aliphatic rings. The minimum atomic E-state index is 0.0169. The maximum atomic E-state index is 6.05. The van der Waals surface area contributed by atoms with E-state index in [0.717, 1.165) is 21.5 Å². The molecule has 2 N–H and O–H groups in total. The summed E-state index contributed by atoms with van der Waals surface area (Å²) in [4.78, 5) is 0. The van der Waals surface area contributed by atoms with Gasteiger partial charge in [0.15, 0.2) is 0 Å². The van der Waals surface area contributed by atoms with Gasteiger partial charge in [-0.2, -0.15) is 0 Å². The number of halogens is 1. The van der Waals surface area contributed by atoms with Crippen LogP contribution in [0.15, 0.2) is 34.8 Å². The lowest BCUT2D eigenvalue weighted by Crippen LogP contribution is -2.04. The summed E-state index contributed by atoms with van der Waals surface area (Å²) in [6.45, 7) is 8.22. The molecule has 0 aliphatic heterocycles. The molecule has 0 saturated carbocycles. The van der Waals surface area contributed by atoms with Crippen LogP contribution in [0.3, 0.4) is 0 Å². The third-order valence-electron chi connectivity index (χ3n) is 3.47. The lowest BCUT2D eigenvalue weighted by atomic mass is 10.1. The second kappa shape index (κ2) is 5.98. The predicted molar refractivity (Wildman–Crippen MR) is 87.5 cm³/mol. The molecule has 0 spiro atoms. The van der Waals surface area contributed by atoms with Gasteiger partial charge in [0.25, 0.3) is 0 Å². The van der Waals surface area contributed by atoms with Gasteiger partial charge < -0.3 is 10.5 Å². The third-order valence-corrected chi connectivity index (χ3v) is 4.09. The van der Waals surface area contributed by atoms with Crippen LogP contribution in [0, 0.1) is 20.8 Å². The lowest BCUT2D eigenvalue weighted by molar-refractivity contribution is 0.474. The molecule has 0 bridgehead atoms.